The van der Waals surface area contributed by atoms with E-state index in [9.17, 15) is 14.7 Å². The largest absolute Gasteiger partial charge is 0.481 e. The van der Waals surface area contributed by atoms with Gasteiger partial charge in [0.1, 0.15) is 5.41 Å². The van der Waals surface area contributed by atoms with Crippen molar-refractivity contribution in [2.24, 2.45) is 0 Å². The minimum atomic E-state index is -1.15. The minimum absolute atomic E-state index is 0.0277. The topological polar surface area (TPSA) is 75.6 Å². The van der Waals surface area contributed by atoms with Gasteiger partial charge in [-0.15, -0.1) is 0 Å². The van der Waals surface area contributed by atoms with Crippen molar-refractivity contribution < 1.29 is 19.4 Å². The molecule has 5 nitrogen and oxygen atoms in total. The quantitative estimate of drug-likeness (QED) is 0.705. The smallest absolute Gasteiger partial charge is 0.315 e. The summed E-state index contributed by atoms with van der Waals surface area (Å²) in [4.78, 5) is 24.5. The maximum Gasteiger partial charge on any atom is 0.315 e. The summed E-state index contributed by atoms with van der Waals surface area (Å²) in [6.07, 6.45) is 0.516. The second kappa shape index (κ2) is 9.33. The number of carboxylic acid groups (broad SMARTS) is 1. The molecule has 2 rings (SSSR count). The first-order valence-corrected chi connectivity index (χ1v) is 9.16. The van der Waals surface area contributed by atoms with Crippen molar-refractivity contribution in [1.29, 1.82) is 0 Å². The Morgan fingerprint density at radius 1 is 1.07 bits per heavy atom. The summed E-state index contributed by atoms with van der Waals surface area (Å²) in [5.74, 6) is -1.24. The molecular formula is C22H27NO4. The summed E-state index contributed by atoms with van der Waals surface area (Å²) < 4.78 is 5.54. The Kier molecular flexibility index (Phi) is 7.13. The zero-order chi connectivity index (χ0) is 19.9. The average molecular weight is 369 g/mol. The molecule has 1 unspecified atom stereocenters. The molecule has 0 aliphatic rings. The van der Waals surface area contributed by atoms with Crippen LogP contribution >= 0.6 is 0 Å². The van der Waals surface area contributed by atoms with Gasteiger partial charge in [0.05, 0.1) is 12.7 Å². The van der Waals surface area contributed by atoms with Crippen LogP contribution in [0.5, 0.6) is 0 Å². The molecular weight excluding hydrogens is 342 g/mol. The summed E-state index contributed by atoms with van der Waals surface area (Å²) in [5.41, 5.74) is 1.01. The van der Waals surface area contributed by atoms with Gasteiger partial charge in [0.2, 0.25) is 0 Å². The van der Waals surface area contributed by atoms with Crippen molar-refractivity contribution in [2.75, 3.05) is 6.54 Å². The number of nitrogens with one attached hydrogen (secondary N) is 1. The van der Waals surface area contributed by atoms with Gasteiger partial charge in [0.15, 0.2) is 0 Å². The van der Waals surface area contributed by atoms with Gasteiger partial charge in [0.25, 0.3) is 5.91 Å². The first-order valence-electron chi connectivity index (χ1n) is 9.16. The number of carbonyl (C=O) groups excluding carboxylic acids is 1. The highest BCUT2D eigenvalue weighted by Crippen LogP contribution is 2.28. The molecule has 5 heteroatoms. The van der Waals surface area contributed by atoms with E-state index in [1.54, 1.807) is 24.3 Å². The van der Waals surface area contributed by atoms with E-state index >= 15 is 0 Å². The number of aliphatic carboxylic acids is 1. The Morgan fingerprint density at radius 2 is 1.70 bits per heavy atom. The van der Waals surface area contributed by atoms with Crippen LogP contribution in [0.1, 0.15) is 48.7 Å². The van der Waals surface area contributed by atoms with Crippen LogP contribution in [0.4, 0.5) is 0 Å². The van der Waals surface area contributed by atoms with E-state index in [0.717, 1.165) is 5.56 Å². The van der Waals surface area contributed by atoms with Crippen LogP contribution < -0.4 is 5.32 Å². The summed E-state index contributed by atoms with van der Waals surface area (Å²) in [7, 11) is 0. The third-order valence-electron chi connectivity index (χ3n) is 4.69. The number of benzene rings is 2. The van der Waals surface area contributed by atoms with Crippen molar-refractivity contribution >= 4 is 11.9 Å². The molecule has 1 amide bonds. The third kappa shape index (κ3) is 5.17. The van der Waals surface area contributed by atoms with Crippen molar-refractivity contribution in [3.8, 4) is 0 Å². The minimum Gasteiger partial charge on any atom is -0.481 e. The summed E-state index contributed by atoms with van der Waals surface area (Å²) in [5, 5.41) is 12.6. The molecule has 0 fully saturated rings. The van der Waals surface area contributed by atoms with Crippen LogP contribution in [0.2, 0.25) is 0 Å². The highest BCUT2D eigenvalue weighted by Gasteiger charge is 2.39. The number of ether oxygens (including phenoxy) is 1. The fourth-order valence-corrected chi connectivity index (χ4v) is 2.89. The number of carbonyl (C=O) groups is 2. The number of amides is 1. The Bertz CT molecular complexity index is 756. The molecule has 0 bridgehead atoms. The molecule has 144 valence electrons. The van der Waals surface area contributed by atoms with Crippen molar-refractivity contribution in [1.82, 2.24) is 5.32 Å². The average Bonchev–Trinajstić information content (AvgIpc) is 2.68. The van der Waals surface area contributed by atoms with Gasteiger partial charge in [0, 0.05) is 12.1 Å². The van der Waals surface area contributed by atoms with E-state index < -0.39 is 11.4 Å². The first-order chi connectivity index (χ1) is 12.9. The zero-order valence-electron chi connectivity index (χ0n) is 16.1. The Hall–Kier alpha value is -2.66. The molecule has 0 aliphatic heterocycles. The summed E-state index contributed by atoms with van der Waals surface area (Å²) in [6, 6.07) is 16.2. The van der Waals surface area contributed by atoms with Crippen molar-refractivity contribution in [3.05, 3.63) is 71.3 Å². The zero-order valence-corrected chi connectivity index (χ0v) is 16.1. The molecule has 2 aromatic rings. The van der Waals surface area contributed by atoms with Gasteiger partial charge < -0.3 is 15.2 Å². The van der Waals surface area contributed by atoms with E-state index in [1.807, 2.05) is 51.1 Å². The number of hydrogen-bond donors (Lipinski definition) is 2. The molecule has 2 aromatic carbocycles. The standard InChI is InChI=1S/C22H27NO4/c1-4-22(21(25)26,19-8-6-5-7-9-19)15-23-20(24)18-12-10-17(11-13-18)14-27-16(2)3/h5-13,16H,4,14-15H2,1-3H3,(H,23,24)(H,25,26). The molecule has 0 saturated carbocycles. The lowest BCUT2D eigenvalue weighted by Crippen LogP contribution is -2.46. The van der Waals surface area contributed by atoms with Gasteiger partial charge in [-0.25, -0.2) is 0 Å². The fourth-order valence-electron chi connectivity index (χ4n) is 2.89. The van der Waals surface area contributed by atoms with Crippen LogP contribution in [-0.4, -0.2) is 29.6 Å². The molecule has 0 heterocycles. The molecule has 0 radical (unpaired) electrons. The normalized spacial score (nSPS) is 13.2. The van der Waals surface area contributed by atoms with Gasteiger partial charge in [-0.1, -0.05) is 49.4 Å². The number of rotatable bonds is 9. The Balaban J connectivity index is 2.09. The molecule has 27 heavy (non-hydrogen) atoms. The van der Waals surface area contributed by atoms with Crippen LogP contribution in [0.3, 0.4) is 0 Å². The fraction of sp³-hybridized carbons (Fsp3) is 0.364. The molecule has 0 spiro atoms. The van der Waals surface area contributed by atoms with E-state index in [2.05, 4.69) is 5.32 Å². The number of carboxylic acids is 1. The van der Waals surface area contributed by atoms with Gasteiger partial charge >= 0.3 is 5.97 Å². The maximum atomic E-state index is 12.5. The molecule has 0 aromatic heterocycles. The second-order valence-corrected chi connectivity index (χ2v) is 6.85. The van der Waals surface area contributed by atoms with Crippen molar-refractivity contribution in [3.63, 3.8) is 0 Å². The van der Waals surface area contributed by atoms with Gasteiger partial charge in [-0.05, 0) is 43.5 Å². The van der Waals surface area contributed by atoms with Gasteiger partial charge in [-0.2, -0.15) is 0 Å². The lowest BCUT2D eigenvalue weighted by molar-refractivity contribution is -0.143. The van der Waals surface area contributed by atoms with E-state index in [-0.39, 0.29) is 18.6 Å². The van der Waals surface area contributed by atoms with Crippen LogP contribution in [0, 0.1) is 0 Å². The highest BCUT2D eigenvalue weighted by molar-refractivity contribution is 5.95. The van der Waals surface area contributed by atoms with Crippen LogP contribution in [0.15, 0.2) is 54.6 Å². The second-order valence-electron chi connectivity index (χ2n) is 6.85. The summed E-state index contributed by atoms with van der Waals surface area (Å²) >= 11 is 0. The lowest BCUT2D eigenvalue weighted by Gasteiger charge is -2.29. The predicted molar refractivity (Wildman–Crippen MR) is 105 cm³/mol. The van der Waals surface area contributed by atoms with Crippen molar-refractivity contribution in [2.45, 2.75) is 45.3 Å². The highest BCUT2D eigenvalue weighted by atomic mass is 16.5. The lowest BCUT2D eigenvalue weighted by atomic mass is 9.78. The van der Waals surface area contributed by atoms with Gasteiger partial charge in [-0.3, -0.25) is 9.59 Å². The summed E-state index contributed by atoms with van der Waals surface area (Å²) in [6.45, 7) is 6.27. The number of hydrogen-bond acceptors (Lipinski definition) is 3. The Morgan fingerprint density at radius 3 is 2.22 bits per heavy atom. The maximum absolute atomic E-state index is 12.5. The predicted octanol–water partition coefficient (Wildman–Crippen LogP) is 3.77. The molecule has 2 N–H and O–H groups in total. The van der Waals surface area contributed by atoms with E-state index in [0.29, 0.717) is 24.2 Å². The van der Waals surface area contributed by atoms with E-state index in [4.69, 9.17) is 4.74 Å². The third-order valence-corrected chi connectivity index (χ3v) is 4.69. The first kappa shape index (κ1) is 20.6. The van der Waals surface area contributed by atoms with E-state index in [1.165, 1.54) is 0 Å². The Labute approximate surface area is 160 Å². The van der Waals surface area contributed by atoms with Crippen LogP contribution in [0.25, 0.3) is 0 Å². The molecule has 1 atom stereocenters. The molecule has 0 aliphatic carbocycles. The molecule has 0 saturated heterocycles. The SMILES string of the molecule is CCC(CNC(=O)c1ccc(COC(C)C)cc1)(C(=O)O)c1ccccc1. The monoisotopic (exact) mass is 369 g/mol. The van der Waals surface area contributed by atoms with Crippen LogP contribution in [-0.2, 0) is 21.6 Å².